The maximum atomic E-state index is 13.0. The normalized spacial score (nSPS) is 11.3. The van der Waals surface area contributed by atoms with Gasteiger partial charge in [-0.2, -0.15) is 0 Å². The number of para-hydroxylation sites is 2. The van der Waals surface area contributed by atoms with Crippen molar-refractivity contribution in [2.45, 2.75) is 6.92 Å². The van der Waals surface area contributed by atoms with Crippen molar-refractivity contribution < 1.29 is 18.7 Å². The van der Waals surface area contributed by atoms with E-state index in [0.29, 0.717) is 22.5 Å². The van der Waals surface area contributed by atoms with E-state index in [1.807, 2.05) is 42.5 Å². The summed E-state index contributed by atoms with van der Waals surface area (Å²) in [6.45, 7) is 2.03. The summed E-state index contributed by atoms with van der Waals surface area (Å²) in [5, 5.41) is 3.64. The zero-order chi connectivity index (χ0) is 21.6. The predicted octanol–water partition coefficient (Wildman–Crippen LogP) is 5.09. The minimum atomic E-state index is -0.433. The van der Waals surface area contributed by atoms with Crippen molar-refractivity contribution >= 4 is 34.2 Å². The van der Waals surface area contributed by atoms with E-state index in [0.717, 1.165) is 5.39 Å². The molecular formula is C25H20N2O4. The monoisotopic (exact) mass is 412 g/mol. The molecule has 0 saturated carbocycles. The molecule has 0 bridgehead atoms. The Hall–Kier alpha value is -4.19. The van der Waals surface area contributed by atoms with Gasteiger partial charge in [-0.05, 0) is 49.4 Å². The van der Waals surface area contributed by atoms with Gasteiger partial charge < -0.3 is 14.5 Å². The summed E-state index contributed by atoms with van der Waals surface area (Å²) in [4.78, 5) is 29.6. The van der Waals surface area contributed by atoms with Crippen LogP contribution in [0.2, 0.25) is 0 Å². The Labute approximate surface area is 178 Å². The number of nitrogens with one attached hydrogen (secondary N) is 1. The predicted molar refractivity (Wildman–Crippen MR) is 118 cm³/mol. The first-order chi connectivity index (χ1) is 15.1. The molecule has 4 rings (SSSR count). The van der Waals surface area contributed by atoms with Gasteiger partial charge in [0.25, 0.3) is 5.91 Å². The highest BCUT2D eigenvalue weighted by atomic mass is 16.5. The molecular weight excluding hydrogens is 392 g/mol. The summed E-state index contributed by atoms with van der Waals surface area (Å²) in [5.41, 5.74) is 2.53. The second-order valence-electron chi connectivity index (χ2n) is 6.71. The Morgan fingerprint density at radius 2 is 1.71 bits per heavy atom. The molecule has 0 saturated heterocycles. The Balaban J connectivity index is 1.81. The minimum absolute atomic E-state index is 0.146. The summed E-state index contributed by atoms with van der Waals surface area (Å²) in [7, 11) is 0. The Bertz CT molecular complexity index is 1310. The number of esters is 1. The molecule has 0 spiro atoms. The minimum Gasteiger partial charge on any atom is -0.462 e. The fraction of sp³-hybridized carbons (Fsp3) is 0.0800. The molecule has 0 unspecified atom stereocenters. The van der Waals surface area contributed by atoms with Gasteiger partial charge in [-0.15, -0.1) is 0 Å². The molecule has 0 aliphatic heterocycles. The number of carbonyl (C=O) groups excluding carboxylic acids is 2. The number of nitrogens with zero attached hydrogens (tertiary/aromatic N) is 1. The number of rotatable bonds is 5. The quantitative estimate of drug-likeness (QED) is 0.463. The van der Waals surface area contributed by atoms with Crippen LogP contribution >= 0.6 is 0 Å². The Morgan fingerprint density at radius 3 is 2.52 bits per heavy atom. The molecule has 0 atom stereocenters. The third-order valence-corrected chi connectivity index (χ3v) is 4.52. The van der Waals surface area contributed by atoms with Crippen molar-refractivity contribution in [2.75, 3.05) is 11.9 Å². The van der Waals surface area contributed by atoms with Gasteiger partial charge in [-0.3, -0.25) is 4.79 Å². The number of amides is 1. The molecule has 31 heavy (non-hydrogen) atoms. The number of fused-ring (bicyclic) bond motifs is 1. The molecule has 0 fully saturated rings. The van der Waals surface area contributed by atoms with Crippen molar-refractivity contribution in [3.05, 3.63) is 102 Å². The van der Waals surface area contributed by atoms with E-state index in [1.54, 1.807) is 49.4 Å². The van der Waals surface area contributed by atoms with Crippen molar-refractivity contribution in [1.29, 1.82) is 0 Å². The number of hydrogen-bond donors (Lipinski definition) is 1. The van der Waals surface area contributed by atoms with Gasteiger partial charge in [-0.1, -0.05) is 42.5 Å². The van der Waals surface area contributed by atoms with Crippen molar-refractivity contribution in [1.82, 2.24) is 0 Å². The Kier molecular flexibility index (Phi) is 5.89. The molecule has 0 radical (unpaired) electrons. The second kappa shape index (κ2) is 9.09. The largest absolute Gasteiger partial charge is 0.462 e. The van der Waals surface area contributed by atoms with Gasteiger partial charge >= 0.3 is 5.97 Å². The lowest BCUT2D eigenvalue weighted by molar-refractivity contribution is 0.0526. The lowest BCUT2D eigenvalue weighted by Gasteiger charge is -2.07. The number of benzene rings is 3. The molecule has 154 valence electrons. The van der Waals surface area contributed by atoms with Crippen LogP contribution < -0.4 is 10.9 Å². The third kappa shape index (κ3) is 4.70. The topological polar surface area (TPSA) is 80.9 Å². The first-order valence-corrected chi connectivity index (χ1v) is 9.85. The highest BCUT2D eigenvalue weighted by Crippen LogP contribution is 2.18. The van der Waals surface area contributed by atoms with Gasteiger partial charge in [0.05, 0.1) is 17.9 Å². The maximum absolute atomic E-state index is 13.0. The van der Waals surface area contributed by atoms with Crippen LogP contribution in [0.5, 0.6) is 0 Å². The number of anilines is 1. The first-order valence-electron chi connectivity index (χ1n) is 9.85. The van der Waals surface area contributed by atoms with Crippen molar-refractivity contribution in [3.63, 3.8) is 0 Å². The summed E-state index contributed by atoms with van der Waals surface area (Å²) in [5.74, 6) is -0.780. The molecule has 0 aliphatic carbocycles. The Morgan fingerprint density at radius 1 is 0.935 bits per heavy atom. The molecule has 3 aromatic carbocycles. The van der Waals surface area contributed by atoms with Gasteiger partial charge in [-0.25, -0.2) is 9.79 Å². The van der Waals surface area contributed by atoms with Crippen LogP contribution in [0.15, 0.2) is 94.3 Å². The number of hydrogen-bond acceptors (Lipinski definition) is 5. The lowest BCUT2D eigenvalue weighted by atomic mass is 10.1. The summed E-state index contributed by atoms with van der Waals surface area (Å²) in [6.07, 6.45) is 0. The zero-order valence-corrected chi connectivity index (χ0v) is 16.9. The fourth-order valence-corrected chi connectivity index (χ4v) is 3.07. The van der Waals surface area contributed by atoms with Crippen LogP contribution in [0, 0.1) is 0 Å². The highest BCUT2D eigenvalue weighted by Gasteiger charge is 2.14. The van der Waals surface area contributed by atoms with Crippen LogP contribution in [0.3, 0.4) is 0 Å². The van der Waals surface area contributed by atoms with E-state index in [9.17, 15) is 9.59 Å². The standard InChI is InChI=1S/C25H20N2O4/c1-2-30-25(29)18-10-8-13-20(15-18)27-24-21(16-17-9-6-7-14-22(17)31-24)23(28)26-19-11-4-3-5-12-19/h3-16H,2H2,1H3,(H,26,28). The van der Waals surface area contributed by atoms with Gasteiger partial charge in [0, 0.05) is 11.1 Å². The molecule has 6 heteroatoms. The average Bonchev–Trinajstić information content (AvgIpc) is 2.79. The van der Waals surface area contributed by atoms with Gasteiger partial charge in [0.2, 0.25) is 5.55 Å². The maximum Gasteiger partial charge on any atom is 0.338 e. The third-order valence-electron chi connectivity index (χ3n) is 4.52. The molecule has 4 aromatic rings. The molecule has 1 amide bonds. The van der Waals surface area contributed by atoms with E-state index in [1.165, 1.54) is 0 Å². The molecule has 0 aliphatic rings. The molecule has 1 N–H and O–H groups in total. The van der Waals surface area contributed by atoms with Crippen LogP contribution in [0.4, 0.5) is 11.4 Å². The van der Waals surface area contributed by atoms with Crippen LogP contribution in [0.25, 0.3) is 11.0 Å². The zero-order valence-electron chi connectivity index (χ0n) is 16.9. The van der Waals surface area contributed by atoms with Crippen molar-refractivity contribution in [2.24, 2.45) is 4.99 Å². The number of ether oxygens (including phenoxy) is 1. The first kappa shape index (κ1) is 20.1. The van der Waals surface area contributed by atoms with E-state index in [4.69, 9.17) is 9.15 Å². The van der Waals surface area contributed by atoms with Gasteiger partial charge in [0.1, 0.15) is 11.1 Å². The summed E-state index contributed by atoms with van der Waals surface area (Å²) >= 11 is 0. The van der Waals surface area contributed by atoms with E-state index in [2.05, 4.69) is 10.3 Å². The average molecular weight is 412 g/mol. The van der Waals surface area contributed by atoms with Crippen LogP contribution in [-0.4, -0.2) is 18.5 Å². The lowest BCUT2D eigenvalue weighted by Crippen LogP contribution is -2.21. The fourth-order valence-electron chi connectivity index (χ4n) is 3.07. The second-order valence-corrected chi connectivity index (χ2v) is 6.71. The van der Waals surface area contributed by atoms with E-state index < -0.39 is 5.97 Å². The SMILES string of the molecule is CCOC(=O)c1cccc(N=c2oc3ccccc3cc2C(=O)Nc2ccccc2)c1. The van der Waals surface area contributed by atoms with Crippen LogP contribution in [-0.2, 0) is 4.74 Å². The summed E-state index contributed by atoms with van der Waals surface area (Å²) in [6, 6.07) is 25.0. The summed E-state index contributed by atoms with van der Waals surface area (Å²) < 4.78 is 11.0. The molecule has 6 nitrogen and oxygen atoms in total. The molecule has 1 heterocycles. The van der Waals surface area contributed by atoms with Crippen LogP contribution in [0.1, 0.15) is 27.6 Å². The van der Waals surface area contributed by atoms with E-state index >= 15 is 0 Å². The van der Waals surface area contributed by atoms with E-state index in [-0.39, 0.29) is 23.6 Å². The number of carbonyl (C=O) groups is 2. The highest BCUT2D eigenvalue weighted by molar-refractivity contribution is 6.05. The smallest absolute Gasteiger partial charge is 0.338 e. The van der Waals surface area contributed by atoms with Crippen molar-refractivity contribution in [3.8, 4) is 0 Å². The van der Waals surface area contributed by atoms with Gasteiger partial charge in [0.15, 0.2) is 0 Å². The molecule has 1 aromatic heterocycles.